The number of aliphatic hydroxyl groups excluding tert-OH is 1. The van der Waals surface area contributed by atoms with Crippen LogP contribution in [0.5, 0.6) is 0 Å². The normalized spacial score (nSPS) is 15.3. The Bertz CT molecular complexity index is 1740. The topological polar surface area (TPSA) is 237 Å². The first-order chi connectivity index (χ1) is 41.7. The molecule has 0 aliphatic carbocycles. The maximum atomic E-state index is 13.0. The van der Waals surface area contributed by atoms with Crippen molar-refractivity contribution in [2.45, 2.75) is 350 Å². The van der Waals surface area contributed by atoms with Gasteiger partial charge in [-0.1, -0.05) is 280 Å². The molecular weight excluding hydrogens is 1150 g/mol. The summed E-state index contributed by atoms with van der Waals surface area (Å²) in [6.07, 6.45) is 38.8. The fraction of sp³-hybridized carbons (Fsp3) is 0.941. The van der Waals surface area contributed by atoms with Gasteiger partial charge in [0.2, 0.25) is 0 Å². The molecule has 0 aromatic heterocycles. The van der Waals surface area contributed by atoms with E-state index >= 15 is 0 Å². The van der Waals surface area contributed by atoms with E-state index in [1.807, 2.05) is 0 Å². The lowest BCUT2D eigenvalue weighted by molar-refractivity contribution is -0.161. The molecule has 0 bridgehead atoms. The van der Waals surface area contributed by atoms with Gasteiger partial charge in [-0.3, -0.25) is 37.3 Å². The molecule has 87 heavy (non-hydrogen) atoms. The van der Waals surface area contributed by atoms with Gasteiger partial charge >= 0.3 is 39.5 Å². The number of carbonyl (C=O) groups excluding carboxylic acids is 4. The number of esters is 4. The Morgan fingerprint density at radius 2 is 0.552 bits per heavy atom. The number of hydrogen-bond donors (Lipinski definition) is 3. The van der Waals surface area contributed by atoms with Crippen molar-refractivity contribution in [3.8, 4) is 0 Å². The second-order valence-corrected chi connectivity index (χ2v) is 28.7. The quantitative estimate of drug-likeness (QED) is 0.0222. The van der Waals surface area contributed by atoms with E-state index in [-0.39, 0.29) is 25.7 Å². The SMILES string of the molecule is CCC(C)CCCCCCCCCCCCC(=O)O[C@H](COC(=O)CCCCCCCCC(C)CC)COP(=O)(O)OC[C@H](O)COP(=O)(O)OC[C@@H](COC(=O)CCCCCCCCCCC(C)CC)OC(=O)CCCCCCCCCCC(C)C. The molecule has 0 saturated heterocycles. The van der Waals surface area contributed by atoms with Crippen LogP contribution in [-0.2, 0) is 65.4 Å². The van der Waals surface area contributed by atoms with Gasteiger partial charge in [0.15, 0.2) is 12.2 Å². The van der Waals surface area contributed by atoms with E-state index in [1.54, 1.807) is 0 Å². The van der Waals surface area contributed by atoms with E-state index in [4.69, 9.17) is 37.0 Å². The Morgan fingerprint density at radius 1 is 0.322 bits per heavy atom. The zero-order valence-electron chi connectivity index (χ0n) is 56.6. The van der Waals surface area contributed by atoms with Crippen LogP contribution in [-0.4, -0.2) is 96.7 Å². The summed E-state index contributed by atoms with van der Waals surface area (Å²) in [5.74, 6) is 0.895. The second kappa shape index (κ2) is 57.9. The summed E-state index contributed by atoms with van der Waals surface area (Å²) in [4.78, 5) is 72.4. The summed E-state index contributed by atoms with van der Waals surface area (Å²) in [6.45, 7) is 14.1. The van der Waals surface area contributed by atoms with Crippen molar-refractivity contribution < 1.29 is 80.2 Å². The molecule has 3 N–H and O–H groups in total. The maximum Gasteiger partial charge on any atom is 0.472 e. The third-order valence-electron chi connectivity index (χ3n) is 16.7. The molecule has 0 heterocycles. The Morgan fingerprint density at radius 3 is 0.816 bits per heavy atom. The Balaban J connectivity index is 5.27. The number of phosphoric ester groups is 2. The van der Waals surface area contributed by atoms with Crippen LogP contribution in [0.1, 0.15) is 331 Å². The van der Waals surface area contributed by atoms with Crippen molar-refractivity contribution in [2.75, 3.05) is 39.6 Å². The first-order valence-electron chi connectivity index (χ1n) is 35.3. The third-order valence-corrected chi connectivity index (χ3v) is 18.6. The summed E-state index contributed by atoms with van der Waals surface area (Å²) in [5, 5.41) is 10.6. The molecule has 0 saturated carbocycles. The van der Waals surface area contributed by atoms with Crippen LogP contribution < -0.4 is 0 Å². The second-order valence-electron chi connectivity index (χ2n) is 25.8. The van der Waals surface area contributed by atoms with Crippen LogP contribution in [0.2, 0.25) is 0 Å². The number of unbranched alkanes of at least 4 members (excludes halogenated alkanes) is 28. The minimum absolute atomic E-state index is 0.103. The first kappa shape index (κ1) is 85.1. The molecule has 0 fully saturated rings. The summed E-state index contributed by atoms with van der Waals surface area (Å²) in [7, 11) is -9.90. The molecule has 0 rings (SSSR count). The minimum Gasteiger partial charge on any atom is -0.462 e. The molecule has 5 unspecified atom stereocenters. The van der Waals surface area contributed by atoms with Crippen LogP contribution in [0.4, 0.5) is 0 Å². The maximum absolute atomic E-state index is 13.0. The molecule has 0 aliphatic rings. The number of hydrogen-bond acceptors (Lipinski definition) is 15. The van der Waals surface area contributed by atoms with Crippen LogP contribution in [0.3, 0.4) is 0 Å². The lowest BCUT2D eigenvalue weighted by Gasteiger charge is -2.21. The number of phosphoric acid groups is 2. The molecule has 0 aliphatic heterocycles. The van der Waals surface area contributed by atoms with Gasteiger partial charge in [0.1, 0.15) is 19.3 Å². The lowest BCUT2D eigenvalue weighted by Crippen LogP contribution is -2.30. The molecule has 8 atom stereocenters. The van der Waals surface area contributed by atoms with Gasteiger partial charge in [0, 0.05) is 25.7 Å². The van der Waals surface area contributed by atoms with Crippen molar-refractivity contribution in [2.24, 2.45) is 23.7 Å². The lowest BCUT2D eigenvalue weighted by atomic mass is 9.99. The predicted octanol–water partition coefficient (Wildman–Crippen LogP) is 18.9. The highest BCUT2D eigenvalue weighted by molar-refractivity contribution is 7.47. The molecule has 516 valence electrons. The summed E-state index contributed by atoms with van der Waals surface area (Å²) in [6, 6.07) is 0. The molecule has 0 spiro atoms. The van der Waals surface area contributed by atoms with Gasteiger partial charge in [-0.2, -0.15) is 0 Å². The van der Waals surface area contributed by atoms with Gasteiger partial charge in [0.25, 0.3) is 0 Å². The highest BCUT2D eigenvalue weighted by Gasteiger charge is 2.30. The molecule has 0 radical (unpaired) electrons. The van der Waals surface area contributed by atoms with Crippen LogP contribution in [0.15, 0.2) is 0 Å². The van der Waals surface area contributed by atoms with E-state index in [0.717, 1.165) is 120 Å². The summed E-state index contributed by atoms with van der Waals surface area (Å²) < 4.78 is 68.2. The van der Waals surface area contributed by atoms with Gasteiger partial charge in [-0.25, -0.2) is 9.13 Å². The fourth-order valence-electron chi connectivity index (χ4n) is 10.0. The van der Waals surface area contributed by atoms with Crippen LogP contribution in [0, 0.1) is 23.7 Å². The van der Waals surface area contributed by atoms with Gasteiger partial charge in [0.05, 0.1) is 26.4 Å². The Hall–Kier alpha value is -1.94. The number of rotatable bonds is 65. The zero-order chi connectivity index (χ0) is 64.7. The van der Waals surface area contributed by atoms with E-state index in [1.165, 1.54) is 128 Å². The average molecular weight is 1280 g/mol. The molecule has 0 aromatic rings. The minimum atomic E-state index is -4.95. The third kappa shape index (κ3) is 58.9. The molecule has 19 heteroatoms. The molecular formula is C68H132O17P2. The van der Waals surface area contributed by atoms with E-state index in [0.29, 0.717) is 25.7 Å². The van der Waals surface area contributed by atoms with Crippen molar-refractivity contribution in [3.05, 3.63) is 0 Å². The standard InChI is InChI=1S/C68H132O17P2/c1-9-59(6)45-37-29-21-14-12-13-15-24-34-42-50-67(72)84-64(55-79-66(71)49-41-33-27-26-31-39-47-61(8)11-3)57-83-87(76,77)81-53-62(69)52-80-86(74,75)82-56-63(85-68(73)51-43-35-25-18-16-20-28-36-44-58(4)5)54-78-65(70)48-40-32-23-19-17-22-30-38-46-60(7)10-2/h58-64,69H,9-57H2,1-8H3,(H,74,75)(H,76,77)/t59?,60?,61?,62-,63-,64-/m1/s1. The summed E-state index contributed by atoms with van der Waals surface area (Å²) in [5.41, 5.74) is 0. The van der Waals surface area contributed by atoms with Gasteiger partial charge in [-0.05, 0) is 49.4 Å². The van der Waals surface area contributed by atoms with E-state index in [9.17, 15) is 43.2 Å². The van der Waals surface area contributed by atoms with Crippen molar-refractivity contribution >= 4 is 39.5 Å². The molecule has 0 amide bonds. The van der Waals surface area contributed by atoms with Gasteiger partial charge < -0.3 is 33.8 Å². The Labute approximate surface area is 530 Å². The average Bonchev–Trinajstić information content (AvgIpc) is 3.69. The highest BCUT2D eigenvalue weighted by atomic mass is 31.2. The summed E-state index contributed by atoms with van der Waals surface area (Å²) >= 11 is 0. The van der Waals surface area contributed by atoms with Gasteiger partial charge in [-0.15, -0.1) is 0 Å². The number of carbonyl (C=O) groups is 4. The smallest absolute Gasteiger partial charge is 0.462 e. The Kier molecular flexibility index (Phi) is 56.6. The number of aliphatic hydroxyl groups is 1. The monoisotopic (exact) mass is 1280 g/mol. The van der Waals surface area contributed by atoms with E-state index in [2.05, 4.69) is 55.4 Å². The van der Waals surface area contributed by atoms with Crippen molar-refractivity contribution in [1.29, 1.82) is 0 Å². The number of ether oxygens (including phenoxy) is 4. The fourth-order valence-corrected chi connectivity index (χ4v) is 11.6. The van der Waals surface area contributed by atoms with Crippen molar-refractivity contribution in [3.63, 3.8) is 0 Å². The molecule has 17 nitrogen and oxygen atoms in total. The van der Waals surface area contributed by atoms with Crippen LogP contribution >= 0.6 is 15.6 Å². The predicted molar refractivity (Wildman–Crippen MR) is 349 cm³/mol. The zero-order valence-corrected chi connectivity index (χ0v) is 58.4. The molecule has 0 aromatic carbocycles. The van der Waals surface area contributed by atoms with E-state index < -0.39 is 97.5 Å². The highest BCUT2D eigenvalue weighted by Crippen LogP contribution is 2.45. The largest absolute Gasteiger partial charge is 0.472 e. The van der Waals surface area contributed by atoms with Crippen LogP contribution in [0.25, 0.3) is 0 Å². The first-order valence-corrected chi connectivity index (χ1v) is 38.3. The van der Waals surface area contributed by atoms with Crippen molar-refractivity contribution in [1.82, 2.24) is 0 Å².